The smallest absolute Gasteiger partial charge is 0.386 e. The summed E-state index contributed by atoms with van der Waals surface area (Å²) in [6, 6.07) is 1.25. The molecule has 0 unspecified atom stereocenters. The second kappa shape index (κ2) is 10.5. The number of aromatic nitrogens is 7. The Hall–Kier alpha value is -2.93. The normalized spacial score (nSPS) is 30.4. The van der Waals surface area contributed by atoms with Crippen LogP contribution < -0.4 is 11.3 Å². The molecule has 2 aliphatic rings. The van der Waals surface area contributed by atoms with Crippen molar-refractivity contribution in [3.63, 3.8) is 0 Å². The van der Waals surface area contributed by atoms with Crippen molar-refractivity contribution >= 4 is 36.3 Å². The molecule has 6 heterocycles. The minimum Gasteiger partial charge on any atom is -0.394 e. The summed E-state index contributed by atoms with van der Waals surface area (Å²) in [4.78, 5) is 24.4. The van der Waals surface area contributed by atoms with Crippen LogP contribution in [0.2, 0.25) is 0 Å². The quantitative estimate of drug-likeness (QED) is 0.123. The lowest BCUT2D eigenvalue weighted by atomic mass is 10.1. The van der Waals surface area contributed by atoms with Crippen LogP contribution in [0.25, 0.3) is 11.4 Å². The lowest BCUT2D eigenvalue weighted by molar-refractivity contribution is -0.0511. The molecule has 19 heteroatoms. The fourth-order valence-electron chi connectivity index (χ4n) is 4.85. The Morgan fingerprint density at radius 3 is 2.83 bits per heavy atom. The highest BCUT2D eigenvalue weighted by atomic mass is 32.7. The summed E-state index contributed by atoms with van der Waals surface area (Å²) in [6.45, 7) is -5.14. The Bertz CT molecular complexity index is 1650. The molecule has 2 aliphatic heterocycles. The second-order valence-electron chi connectivity index (χ2n) is 9.26. The molecular weight excluding hydrogens is 571 g/mol. The highest BCUT2D eigenvalue weighted by Gasteiger charge is 2.49. The van der Waals surface area contributed by atoms with Gasteiger partial charge in [-0.2, -0.15) is 5.10 Å². The van der Waals surface area contributed by atoms with Crippen LogP contribution in [0, 0.1) is 0 Å². The first kappa shape index (κ1) is 27.3. The van der Waals surface area contributed by atoms with Crippen LogP contribution in [0.15, 0.2) is 42.0 Å². The predicted octanol–water partition coefficient (Wildman–Crippen LogP) is -0.903. The van der Waals surface area contributed by atoms with Crippen LogP contribution in [0.5, 0.6) is 0 Å². The maximum Gasteiger partial charge on any atom is 0.386 e. The van der Waals surface area contributed by atoms with Crippen LogP contribution in [0.4, 0.5) is 5.82 Å². The number of imidazole rings is 2. The number of nitrogens with zero attached hydrogens (tertiary/aromatic N) is 7. The third-order valence-electron chi connectivity index (χ3n) is 6.80. The Kier molecular flexibility index (Phi) is 7.14. The first-order valence-corrected chi connectivity index (χ1v) is 14.8. The Morgan fingerprint density at radius 2 is 2.02 bits per heavy atom. The van der Waals surface area contributed by atoms with Crippen LogP contribution in [-0.2, 0) is 23.1 Å². The molecule has 0 aromatic carbocycles. The van der Waals surface area contributed by atoms with E-state index in [2.05, 4.69) is 32.3 Å². The van der Waals surface area contributed by atoms with Crippen LogP contribution >= 0.6 is 19.0 Å². The minimum absolute atomic E-state index is 0.166. The fraction of sp³-hybridized carbons (Fsp3) is 0.476. The average molecular weight is 597 g/mol. The molecule has 0 aliphatic carbocycles. The highest BCUT2D eigenvalue weighted by molar-refractivity contribution is 8.44. The maximum absolute atomic E-state index is 13.3. The van der Waals surface area contributed by atoms with Gasteiger partial charge in [0.2, 0.25) is 5.78 Å². The summed E-state index contributed by atoms with van der Waals surface area (Å²) in [5.74, 6) is 0.350. The molecule has 0 amide bonds. The number of nitrogen functional groups attached to an aromatic ring is 1. The molecule has 2 fully saturated rings. The molecule has 0 spiro atoms. The zero-order valence-corrected chi connectivity index (χ0v) is 22.3. The standard InChI is InChI=1S/C21H25N8O9PS/c22-18-19-24-6-10(29(19)26-9-25-18)12-5-11(31)14(36-12)8-35-39(34,40)38-17-16(33)13(7-30)37-20(17)28-3-1-15(32)27-4-2-23-21(27)28/h1-4,6,9,11-14,16-17,20,30-31,33H,5,7-8H2,(H,34,40)(H2,22,25,26)/t11-,12+,13+,14+,16+,17+,20+,39+/m0/s1. The summed E-state index contributed by atoms with van der Waals surface area (Å²) in [7, 11) is 0. The van der Waals surface area contributed by atoms with Gasteiger partial charge in [-0.05, 0) is 0 Å². The molecule has 4 aromatic rings. The predicted molar refractivity (Wildman–Crippen MR) is 137 cm³/mol. The molecule has 2 saturated heterocycles. The molecule has 17 nitrogen and oxygen atoms in total. The largest absolute Gasteiger partial charge is 0.394 e. The van der Waals surface area contributed by atoms with Gasteiger partial charge in [0.15, 0.2) is 17.7 Å². The van der Waals surface area contributed by atoms with E-state index in [1.807, 2.05) is 0 Å². The van der Waals surface area contributed by atoms with E-state index in [4.69, 9.17) is 24.3 Å². The summed E-state index contributed by atoms with van der Waals surface area (Å²) in [5, 5.41) is 35.2. The average Bonchev–Trinajstić information content (AvgIpc) is 3.70. The molecule has 0 saturated carbocycles. The van der Waals surface area contributed by atoms with E-state index in [9.17, 15) is 24.7 Å². The van der Waals surface area contributed by atoms with Crippen molar-refractivity contribution in [3.8, 4) is 0 Å². The van der Waals surface area contributed by atoms with Crippen LogP contribution in [0.3, 0.4) is 0 Å². The number of hydrogen-bond acceptors (Lipinski definition) is 14. The fourth-order valence-corrected chi connectivity index (χ4v) is 6.31. The summed E-state index contributed by atoms with van der Waals surface area (Å²) < 4.78 is 40.1. The van der Waals surface area contributed by atoms with Gasteiger partial charge in [-0.1, -0.05) is 12.2 Å². The third kappa shape index (κ3) is 4.80. The molecule has 4 aromatic heterocycles. The lowest BCUT2D eigenvalue weighted by Crippen LogP contribution is -2.35. The van der Waals surface area contributed by atoms with Crippen molar-refractivity contribution in [2.24, 2.45) is 0 Å². The van der Waals surface area contributed by atoms with Gasteiger partial charge >= 0.3 is 6.80 Å². The van der Waals surface area contributed by atoms with Gasteiger partial charge in [-0.25, -0.2) is 24.0 Å². The SMILES string of the molecule is Nc1ncnn2c([C@H]3C[C@H](O)[C@@H](CO[P@@](=O)(S)O[C@@H]4[C@H](O)[C@@H](CO)O[C@H]4n4ccc(=O)n5ccnc45)O3)cnc12. The van der Waals surface area contributed by atoms with Gasteiger partial charge in [0, 0.05) is 31.1 Å². The number of aliphatic hydroxyl groups is 3. The number of fused-ring (bicyclic) bond motifs is 2. The zero-order chi connectivity index (χ0) is 28.2. The first-order valence-electron chi connectivity index (χ1n) is 12.1. The van der Waals surface area contributed by atoms with Crippen molar-refractivity contribution in [3.05, 3.63) is 53.2 Å². The van der Waals surface area contributed by atoms with Crippen LogP contribution in [0.1, 0.15) is 24.4 Å². The van der Waals surface area contributed by atoms with Gasteiger partial charge in [0.25, 0.3) is 5.56 Å². The van der Waals surface area contributed by atoms with E-state index in [-0.39, 0.29) is 30.2 Å². The zero-order valence-electron chi connectivity index (χ0n) is 20.5. The number of hydrogen-bond donors (Lipinski definition) is 5. The van der Waals surface area contributed by atoms with Crippen molar-refractivity contribution < 1.29 is 38.4 Å². The molecule has 40 heavy (non-hydrogen) atoms. The van der Waals surface area contributed by atoms with Gasteiger partial charge in [0.1, 0.15) is 36.8 Å². The first-order chi connectivity index (χ1) is 19.2. The lowest BCUT2D eigenvalue weighted by Gasteiger charge is -2.26. The number of nitrogens with two attached hydrogens (primary N) is 1. The highest BCUT2D eigenvalue weighted by Crippen LogP contribution is 2.57. The molecular formula is C21H25N8O9PS. The second-order valence-corrected chi connectivity index (χ2v) is 12.1. The van der Waals surface area contributed by atoms with E-state index in [1.54, 1.807) is 0 Å². The molecule has 8 atom stereocenters. The Balaban J connectivity index is 1.16. The Morgan fingerprint density at radius 1 is 1.20 bits per heavy atom. The molecule has 6 rings (SSSR count). The number of thiol groups is 1. The van der Waals surface area contributed by atoms with E-state index < -0.39 is 56.3 Å². The van der Waals surface area contributed by atoms with Gasteiger partial charge in [-0.3, -0.25) is 22.8 Å². The van der Waals surface area contributed by atoms with E-state index in [0.29, 0.717) is 11.3 Å². The number of aliphatic hydroxyl groups excluding tert-OH is 3. The van der Waals surface area contributed by atoms with E-state index >= 15 is 0 Å². The Labute approximate surface area is 229 Å². The van der Waals surface area contributed by atoms with E-state index in [0.717, 1.165) is 0 Å². The summed E-state index contributed by atoms with van der Waals surface area (Å²) in [5.41, 5.74) is 6.35. The number of rotatable bonds is 8. The maximum atomic E-state index is 13.3. The van der Waals surface area contributed by atoms with Crippen molar-refractivity contribution in [1.82, 2.24) is 33.5 Å². The van der Waals surface area contributed by atoms with Crippen molar-refractivity contribution in [1.29, 1.82) is 0 Å². The number of anilines is 1. The van der Waals surface area contributed by atoms with Crippen molar-refractivity contribution in [2.75, 3.05) is 18.9 Å². The van der Waals surface area contributed by atoms with Crippen molar-refractivity contribution in [2.45, 2.75) is 49.3 Å². The minimum atomic E-state index is -4.21. The van der Waals surface area contributed by atoms with Gasteiger partial charge < -0.3 is 30.5 Å². The third-order valence-corrected chi connectivity index (χ3v) is 8.42. The van der Waals surface area contributed by atoms with Crippen LogP contribution in [-0.4, -0.2) is 92.6 Å². The monoisotopic (exact) mass is 596 g/mol. The van der Waals surface area contributed by atoms with Gasteiger partial charge in [-0.15, -0.1) is 0 Å². The number of ether oxygens (including phenoxy) is 2. The summed E-state index contributed by atoms with van der Waals surface area (Å²) >= 11 is 4.06. The molecule has 5 N–H and O–H groups in total. The molecule has 0 bridgehead atoms. The molecule has 214 valence electrons. The molecule has 0 radical (unpaired) electrons. The van der Waals surface area contributed by atoms with Gasteiger partial charge in [0.05, 0.1) is 31.2 Å². The topological polar surface area (TPSA) is 223 Å². The summed E-state index contributed by atoms with van der Waals surface area (Å²) in [6.07, 6.45) is -0.357. The van der Waals surface area contributed by atoms with E-state index in [1.165, 1.54) is 50.7 Å².